The molecule has 0 aliphatic heterocycles. The smallest absolute Gasteiger partial charge is 0.315 e. The lowest BCUT2D eigenvalue weighted by Gasteiger charge is -2.21. The summed E-state index contributed by atoms with van der Waals surface area (Å²) in [7, 11) is 0. The maximum absolute atomic E-state index is 11.4. The zero-order valence-electron chi connectivity index (χ0n) is 11.1. The van der Waals surface area contributed by atoms with Crippen molar-refractivity contribution in [2.24, 2.45) is 5.41 Å². The fourth-order valence-corrected chi connectivity index (χ4v) is 1.36. The van der Waals surface area contributed by atoms with Crippen LogP contribution in [0.25, 0.3) is 0 Å². The first-order valence-corrected chi connectivity index (χ1v) is 6.21. The van der Waals surface area contributed by atoms with E-state index in [1.54, 1.807) is 0 Å². The summed E-state index contributed by atoms with van der Waals surface area (Å²) in [6, 6.07) is -0.420. The number of aliphatic hydroxyl groups is 2. The number of aliphatic hydroxyl groups excluding tert-OH is 2. The molecule has 0 rings (SSSR count). The van der Waals surface area contributed by atoms with E-state index in [1.165, 1.54) is 0 Å². The molecule has 0 saturated carbocycles. The first-order valence-electron chi connectivity index (χ1n) is 6.21. The zero-order chi connectivity index (χ0) is 13.3. The molecule has 17 heavy (non-hydrogen) atoms. The van der Waals surface area contributed by atoms with Crippen LogP contribution in [0.4, 0.5) is 4.79 Å². The predicted molar refractivity (Wildman–Crippen MR) is 67.8 cm³/mol. The van der Waals surface area contributed by atoms with E-state index in [2.05, 4.69) is 10.6 Å². The summed E-state index contributed by atoms with van der Waals surface area (Å²) in [6.45, 7) is 6.59. The zero-order valence-corrected chi connectivity index (χ0v) is 11.1. The number of carbonyl (C=O) groups excluding carboxylic acids is 1. The molecule has 4 N–H and O–H groups in total. The monoisotopic (exact) mass is 246 g/mol. The van der Waals surface area contributed by atoms with Gasteiger partial charge >= 0.3 is 6.03 Å². The van der Waals surface area contributed by atoms with E-state index < -0.39 is 0 Å². The largest absolute Gasteiger partial charge is 0.396 e. The quantitative estimate of drug-likeness (QED) is 0.479. The van der Waals surface area contributed by atoms with E-state index in [1.807, 2.05) is 20.8 Å². The molecule has 1 unspecified atom stereocenters. The average Bonchev–Trinajstić information content (AvgIpc) is 2.31. The Kier molecular flexibility index (Phi) is 7.91. The standard InChI is InChI=1S/C12H26N2O3/c1-4-10(8-15)14-11(17)13-7-5-6-12(2,3)9-16/h10,15-16H,4-9H2,1-3H3,(H2,13,14,17). The Morgan fingerprint density at radius 2 is 2.00 bits per heavy atom. The van der Waals surface area contributed by atoms with Gasteiger partial charge in [-0.25, -0.2) is 4.79 Å². The highest BCUT2D eigenvalue weighted by atomic mass is 16.3. The molecule has 0 aliphatic carbocycles. The Balaban J connectivity index is 3.65. The van der Waals surface area contributed by atoms with E-state index in [0.717, 1.165) is 12.8 Å². The molecule has 0 bridgehead atoms. The van der Waals surface area contributed by atoms with Gasteiger partial charge in [0.2, 0.25) is 0 Å². The molecule has 0 aromatic carbocycles. The van der Waals surface area contributed by atoms with Crippen LogP contribution in [0.5, 0.6) is 0 Å². The highest BCUT2D eigenvalue weighted by Crippen LogP contribution is 2.20. The van der Waals surface area contributed by atoms with Crippen molar-refractivity contribution in [1.29, 1.82) is 0 Å². The Morgan fingerprint density at radius 3 is 2.47 bits per heavy atom. The molecule has 0 heterocycles. The highest BCUT2D eigenvalue weighted by molar-refractivity contribution is 5.74. The lowest BCUT2D eigenvalue weighted by Crippen LogP contribution is -2.43. The summed E-state index contributed by atoms with van der Waals surface area (Å²) in [4.78, 5) is 11.4. The number of hydrogen-bond acceptors (Lipinski definition) is 3. The molecular formula is C12H26N2O3. The molecule has 5 nitrogen and oxygen atoms in total. The van der Waals surface area contributed by atoms with Crippen LogP contribution in [0.2, 0.25) is 0 Å². The first-order chi connectivity index (χ1) is 7.95. The van der Waals surface area contributed by atoms with Crippen LogP contribution in [0.15, 0.2) is 0 Å². The van der Waals surface area contributed by atoms with Gasteiger partial charge in [0.25, 0.3) is 0 Å². The van der Waals surface area contributed by atoms with Crippen LogP contribution in [-0.2, 0) is 0 Å². The lowest BCUT2D eigenvalue weighted by atomic mass is 9.89. The van der Waals surface area contributed by atoms with Gasteiger partial charge in [-0.3, -0.25) is 0 Å². The van der Waals surface area contributed by atoms with Gasteiger partial charge in [0, 0.05) is 13.2 Å². The predicted octanol–water partition coefficient (Wildman–Crippen LogP) is 0.855. The van der Waals surface area contributed by atoms with E-state index in [9.17, 15) is 4.79 Å². The Bertz CT molecular complexity index is 216. The van der Waals surface area contributed by atoms with Crippen LogP contribution >= 0.6 is 0 Å². The third-order valence-electron chi connectivity index (χ3n) is 2.79. The Labute approximate surface area is 104 Å². The van der Waals surface area contributed by atoms with Gasteiger partial charge in [-0.05, 0) is 24.7 Å². The van der Waals surface area contributed by atoms with Gasteiger partial charge in [-0.2, -0.15) is 0 Å². The topological polar surface area (TPSA) is 81.6 Å². The second kappa shape index (κ2) is 8.31. The normalized spacial score (nSPS) is 13.2. The number of amides is 2. The van der Waals surface area contributed by atoms with Crippen molar-refractivity contribution in [1.82, 2.24) is 10.6 Å². The van der Waals surface area contributed by atoms with Crippen molar-refractivity contribution in [2.75, 3.05) is 19.8 Å². The van der Waals surface area contributed by atoms with Crippen molar-refractivity contribution in [3.63, 3.8) is 0 Å². The number of nitrogens with one attached hydrogen (secondary N) is 2. The second-order valence-corrected chi connectivity index (χ2v) is 5.11. The van der Waals surface area contributed by atoms with Crippen LogP contribution in [0.1, 0.15) is 40.0 Å². The molecule has 2 amide bonds. The van der Waals surface area contributed by atoms with E-state index in [-0.39, 0.29) is 30.7 Å². The van der Waals surface area contributed by atoms with Gasteiger partial charge in [0.15, 0.2) is 0 Å². The average molecular weight is 246 g/mol. The maximum Gasteiger partial charge on any atom is 0.315 e. The van der Waals surface area contributed by atoms with Crippen molar-refractivity contribution in [2.45, 2.75) is 46.1 Å². The van der Waals surface area contributed by atoms with E-state index >= 15 is 0 Å². The van der Waals surface area contributed by atoms with Crippen molar-refractivity contribution in [3.05, 3.63) is 0 Å². The van der Waals surface area contributed by atoms with Crippen molar-refractivity contribution < 1.29 is 15.0 Å². The second-order valence-electron chi connectivity index (χ2n) is 5.11. The van der Waals surface area contributed by atoms with Gasteiger partial charge in [-0.15, -0.1) is 0 Å². The van der Waals surface area contributed by atoms with Gasteiger partial charge in [0.1, 0.15) is 0 Å². The lowest BCUT2D eigenvalue weighted by molar-refractivity contribution is 0.148. The Hall–Kier alpha value is -0.810. The molecule has 0 aromatic rings. The van der Waals surface area contributed by atoms with Gasteiger partial charge < -0.3 is 20.8 Å². The van der Waals surface area contributed by atoms with Crippen LogP contribution in [0, 0.1) is 5.41 Å². The van der Waals surface area contributed by atoms with Crippen LogP contribution in [-0.4, -0.2) is 42.0 Å². The van der Waals surface area contributed by atoms with Gasteiger partial charge in [-0.1, -0.05) is 20.8 Å². The minimum Gasteiger partial charge on any atom is -0.396 e. The van der Waals surface area contributed by atoms with Crippen molar-refractivity contribution in [3.8, 4) is 0 Å². The molecule has 0 aromatic heterocycles. The molecule has 5 heteroatoms. The summed E-state index contributed by atoms with van der Waals surface area (Å²) in [5, 5.41) is 23.4. The third kappa shape index (κ3) is 7.99. The summed E-state index contributed by atoms with van der Waals surface area (Å²) in [5.41, 5.74) is -0.0881. The van der Waals surface area contributed by atoms with Crippen molar-refractivity contribution >= 4 is 6.03 Å². The number of hydrogen-bond donors (Lipinski definition) is 4. The van der Waals surface area contributed by atoms with Crippen LogP contribution < -0.4 is 10.6 Å². The number of carbonyl (C=O) groups is 1. The summed E-state index contributed by atoms with van der Waals surface area (Å²) in [5.74, 6) is 0. The van der Waals surface area contributed by atoms with E-state index in [0.29, 0.717) is 13.0 Å². The molecule has 0 saturated heterocycles. The third-order valence-corrected chi connectivity index (χ3v) is 2.79. The summed E-state index contributed by atoms with van der Waals surface area (Å²) >= 11 is 0. The highest BCUT2D eigenvalue weighted by Gasteiger charge is 2.15. The fraction of sp³-hybridized carbons (Fsp3) is 0.917. The molecule has 0 spiro atoms. The molecule has 0 fully saturated rings. The SMILES string of the molecule is CCC(CO)NC(=O)NCCCC(C)(C)CO. The molecule has 0 radical (unpaired) electrons. The fourth-order valence-electron chi connectivity index (χ4n) is 1.36. The number of urea groups is 1. The van der Waals surface area contributed by atoms with Gasteiger partial charge in [0.05, 0.1) is 12.6 Å². The van der Waals surface area contributed by atoms with Crippen LogP contribution in [0.3, 0.4) is 0 Å². The summed E-state index contributed by atoms with van der Waals surface area (Å²) in [6.07, 6.45) is 2.40. The number of rotatable bonds is 8. The van der Waals surface area contributed by atoms with E-state index in [4.69, 9.17) is 10.2 Å². The molecule has 1 atom stereocenters. The first kappa shape index (κ1) is 16.2. The molecule has 0 aliphatic rings. The Morgan fingerprint density at radius 1 is 1.35 bits per heavy atom. The minimum atomic E-state index is -0.243. The minimum absolute atomic E-state index is 0.0402. The maximum atomic E-state index is 11.4. The molecular weight excluding hydrogens is 220 g/mol. The molecule has 102 valence electrons. The summed E-state index contributed by atoms with van der Waals surface area (Å²) < 4.78 is 0.